The van der Waals surface area contributed by atoms with Crippen LogP contribution in [0.25, 0.3) is 91.5 Å². The van der Waals surface area contributed by atoms with E-state index in [0.717, 1.165) is 22.7 Å². The van der Waals surface area contributed by atoms with Crippen LogP contribution in [0.15, 0.2) is 218 Å². The molecule has 10 aromatic carbocycles. The number of hydrogen-bond acceptors (Lipinski definition) is 2. The monoisotopic (exact) mass is 768 g/mol. The lowest BCUT2D eigenvalue weighted by Crippen LogP contribution is -2.09. The van der Waals surface area contributed by atoms with Crippen LogP contribution < -0.4 is 4.90 Å². The summed E-state index contributed by atoms with van der Waals surface area (Å²) in [4.78, 5) is 2.39. The minimum Gasteiger partial charge on any atom is -0.310 e. The van der Waals surface area contributed by atoms with E-state index in [2.05, 4.69) is 228 Å². The van der Waals surface area contributed by atoms with Gasteiger partial charge >= 0.3 is 0 Å². The van der Waals surface area contributed by atoms with Crippen LogP contribution in [0.2, 0.25) is 0 Å². The second-order valence-corrected chi connectivity index (χ2v) is 16.4. The fourth-order valence-corrected chi connectivity index (χ4v) is 10.4. The molecule has 0 aliphatic rings. The Kier molecular flexibility index (Phi) is 7.75. The van der Waals surface area contributed by atoms with Crippen molar-refractivity contribution in [2.24, 2.45) is 0 Å². The van der Waals surface area contributed by atoms with Gasteiger partial charge in [-0.15, -0.1) is 11.3 Å². The summed E-state index contributed by atoms with van der Waals surface area (Å²) in [5.74, 6) is 0. The normalized spacial score (nSPS) is 11.7. The number of anilines is 3. The second kappa shape index (κ2) is 13.6. The lowest BCUT2D eigenvalue weighted by Gasteiger charge is -2.26. The van der Waals surface area contributed by atoms with Crippen molar-refractivity contribution in [3.8, 4) is 27.9 Å². The number of aromatic nitrogens is 1. The van der Waals surface area contributed by atoms with Gasteiger partial charge in [0, 0.05) is 59.3 Å². The molecule has 0 saturated carbocycles. The number of benzene rings is 10. The molecule has 2 nitrogen and oxygen atoms in total. The Balaban J connectivity index is 1.04. The van der Waals surface area contributed by atoms with Gasteiger partial charge in [-0.1, -0.05) is 158 Å². The molecule has 0 saturated heterocycles. The van der Waals surface area contributed by atoms with Gasteiger partial charge in [0.25, 0.3) is 0 Å². The maximum absolute atomic E-state index is 2.47. The fourth-order valence-electron chi connectivity index (χ4n) is 9.25. The van der Waals surface area contributed by atoms with Gasteiger partial charge in [-0.2, -0.15) is 0 Å². The van der Waals surface area contributed by atoms with Gasteiger partial charge in [-0.3, -0.25) is 0 Å². The smallest absolute Gasteiger partial charge is 0.0619 e. The molecule has 12 aromatic rings. The van der Waals surface area contributed by atoms with Crippen LogP contribution in [0, 0.1) is 0 Å². The number of rotatable bonds is 6. The molecule has 0 bridgehead atoms. The van der Waals surface area contributed by atoms with E-state index in [4.69, 9.17) is 0 Å². The van der Waals surface area contributed by atoms with Crippen molar-refractivity contribution in [3.63, 3.8) is 0 Å². The lowest BCUT2D eigenvalue weighted by atomic mass is 9.96. The van der Waals surface area contributed by atoms with Crippen molar-refractivity contribution in [2.75, 3.05) is 4.90 Å². The predicted octanol–water partition coefficient (Wildman–Crippen LogP) is 16.3. The summed E-state index contributed by atoms with van der Waals surface area (Å²) in [5.41, 5.74) is 11.7. The molecule has 276 valence electrons. The maximum atomic E-state index is 2.47. The number of nitrogens with zero attached hydrogens (tertiary/aromatic N) is 2. The zero-order valence-electron chi connectivity index (χ0n) is 32.1. The standard InChI is InChI=1S/C56H36N2S/c1-3-12-37(13-4-1)38-24-29-43(30-25-38)57(45-33-34-49-48-18-9-10-21-52(48)59-53(49)36-45)44-31-26-40(27-32-44)47-19-11-20-50-55-51(58(56(47)50)42-15-5-2-6-16-42)35-28-41-23-22-39-14-7-8-17-46(39)54(41)55/h1-36H. The van der Waals surface area contributed by atoms with Crippen LogP contribution in [0.1, 0.15) is 0 Å². The average molecular weight is 769 g/mol. The van der Waals surface area contributed by atoms with E-state index in [1.165, 1.54) is 85.8 Å². The van der Waals surface area contributed by atoms with E-state index in [9.17, 15) is 0 Å². The Morgan fingerprint density at radius 1 is 0.356 bits per heavy atom. The first-order valence-corrected chi connectivity index (χ1v) is 21.0. The van der Waals surface area contributed by atoms with Crippen LogP contribution >= 0.6 is 11.3 Å². The molecule has 0 N–H and O–H groups in total. The first kappa shape index (κ1) is 33.7. The summed E-state index contributed by atoms with van der Waals surface area (Å²) >= 11 is 1.86. The highest BCUT2D eigenvalue weighted by molar-refractivity contribution is 7.25. The molecule has 0 aliphatic carbocycles. The molecule has 0 spiro atoms. The summed E-state index contributed by atoms with van der Waals surface area (Å²) in [5, 5.41) is 10.2. The van der Waals surface area contributed by atoms with Crippen LogP contribution in [0.3, 0.4) is 0 Å². The quantitative estimate of drug-likeness (QED) is 0.153. The van der Waals surface area contributed by atoms with E-state index < -0.39 is 0 Å². The van der Waals surface area contributed by atoms with Gasteiger partial charge in [0.2, 0.25) is 0 Å². The van der Waals surface area contributed by atoms with Gasteiger partial charge in [-0.25, -0.2) is 0 Å². The van der Waals surface area contributed by atoms with E-state index in [0.29, 0.717) is 0 Å². The first-order valence-electron chi connectivity index (χ1n) is 20.2. The van der Waals surface area contributed by atoms with E-state index in [1.54, 1.807) is 0 Å². The minimum atomic E-state index is 1.11. The molecule has 0 aliphatic heterocycles. The Morgan fingerprint density at radius 3 is 1.75 bits per heavy atom. The second-order valence-electron chi connectivity index (χ2n) is 15.3. The van der Waals surface area contributed by atoms with E-state index >= 15 is 0 Å². The van der Waals surface area contributed by atoms with E-state index in [-0.39, 0.29) is 0 Å². The molecule has 2 aromatic heterocycles. The molecule has 3 heteroatoms. The van der Waals surface area contributed by atoms with Crippen LogP contribution in [-0.2, 0) is 0 Å². The summed E-state index contributed by atoms with van der Waals surface area (Å²) in [6.45, 7) is 0. The molecular weight excluding hydrogens is 733 g/mol. The van der Waals surface area contributed by atoms with Gasteiger partial charge in [0.15, 0.2) is 0 Å². The van der Waals surface area contributed by atoms with Gasteiger partial charge in [0.1, 0.15) is 0 Å². The fraction of sp³-hybridized carbons (Fsp3) is 0. The average Bonchev–Trinajstić information content (AvgIpc) is 3.86. The first-order chi connectivity index (χ1) is 29.3. The highest BCUT2D eigenvalue weighted by Crippen LogP contribution is 2.45. The minimum absolute atomic E-state index is 1.11. The van der Waals surface area contributed by atoms with Crippen LogP contribution in [0.5, 0.6) is 0 Å². The molecule has 0 fully saturated rings. The van der Waals surface area contributed by atoms with Crippen molar-refractivity contribution >= 4 is 91.9 Å². The molecular formula is C56H36N2S. The summed E-state index contributed by atoms with van der Waals surface area (Å²) in [7, 11) is 0. The third-order valence-electron chi connectivity index (χ3n) is 12.0. The van der Waals surface area contributed by atoms with E-state index in [1.807, 2.05) is 11.3 Å². The number of hydrogen-bond donors (Lipinski definition) is 0. The molecule has 2 heterocycles. The Hall–Kier alpha value is -7.46. The Bertz CT molecular complexity index is 3530. The molecule has 59 heavy (non-hydrogen) atoms. The van der Waals surface area contributed by atoms with Gasteiger partial charge in [0.05, 0.1) is 11.0 Å². The summed E-state index contributed by atoms with van der Waals surface area (Å²) < 4.78 is 5.06. The van der Waals surface area contributed by atoms with Crippen LogP contribution in [0.4, 0.5) is 17.1 Å². The number of thiophene rings is 1. The largest absolute Gasteiger partial charge is 0.310 e. The third-order valence-corrected chi connectivity index (χ3v) is 13.1. The zero-order chi connectivity index (χ0) is 38.9. The predicted molar refractivity (Wildman–Crippen MR) is 254 cm³/mol. The number of fused-ring (bicyclic) bond motifs is 10. The van der Waals surface area contributed by atoms with Crippen molar-refractivity contribution in [3.05, 3.63) is 218 Å². The summed E-state index contributed by atoms with van der Waals surface area (Å²) in [6.07, 6.45) is 0. The summed E-state index contributed by atoms with van der Waals surface area (Å²) in [6, 6.07) is 79.9. The van der Waals surface area contributed by atoms with Gasteiger partial charge < -0.3 is 9.47 Å². The molecule has 0 unspecified atom stereocenters. The lowest BCUT2D eigenvalue weighted by molar-refractivity contribution is 1.18. The zero-order valence-corrected chi connectivity index (χ0v) is 32.9. The topological polar surface area (TPSA) is 8.17 Å². The molecule has 0 radical (unpaired) electrons. The van der Waals surface area contributed by atoms with Crippen molar-refractivity contribution in [2.45, 2.75) is 0 Å². The molecule has 0 amide bonds. The van der Waals surface area contributed by atoms with Crippen molar-refractivity contribution in [1.29, 1.82) is 0 Å². The molecule has 0 atom stereocenters. The van der Waals surface area contributed by atoms with Crippen molar-refractivity contribution < 1.29 is 0 Å². The third kappa shape index (κ3) is 5.47. The highest BCUT2D eigenvalue weighted by atomic mass is 32.1. The van der Waals surface area contributed by atoms with Gasteiger partial charge in [-0.05, 0) is 98.9 Å². The number of para-hydroxylation sites is 2. The van der Waals surface area contributed by atoms with Crippen molar-refractivity contribution in [1.82, 2.24) is 4.57 Å². The maximum Gasteiger partial charge on any atom is 0.0619 e. The Labute approximate surface area is 346 Å². The highest BCUT2D eigenvalue weighted by Gasteiger charge is 2.21. The Morgan fingerprint density at radius 2 is 0.949 bits per heavy atom. The van der Waals surface area contributed by atoms with Crippen LogP contribution in [-0.4, -0.2) is 4.57 Å². The SMILES string of the molecule is c1ccc(-c2ccc(N(c3ccc(-c4cccc5c6c7c(ccc8ccccc87)ccc6n(-c6ccccc6)c45)cc3)c3ccc4c(c3)sc3ccccc34)cc2)cc1. The molecule has 12 rings (SSSR count).